The van der Waals surface area contributed by atoms with Crippen LogP contribution in [0.4, 0.5) is 0 Å². The van der Waals surface area contributed by atoms with Gasteiger partial charge in [0.25, 0.3) is 0 Å². The zero-order chi connectivity index (χ0) is 12.4. The summed E-state index contributed by atoms with van der Waals surface area (Å²) in [6, 6.07) is 0.466. The van der Waals surface area contributed by atoms with E-state index in [-0.39, 0.29) is 12.1 Å². The molecule has 0 aliphatic carbocycles. The molecule has 0 aliphatic heterocycles. The molecule has 0 amide bonds. The van der Waals surface area contributed by atoms with Gasteiger partial charge in [0.05, 0.1) is 0 Å². The molecule has 0 heterocycles. The highest BCUT2D eigenvalue weighted by Gasteiger charge is 2.44. The molecule has 0 aromatic heterocycles. The summed E-state index contributed by atoms with van der Waals surface area (Å²) in [5.41, 5.74) is -0.855. The molecule has 0 fully saturated rings. The lowest BCUT2D eigenvalue weighted by Gasteiger charge is -2.40. The molecule has 92 valence electrons. The first-order valence-electron chi connectivity index (χ1n) is 5.03. The predicted octanol–water partition coefficient (Wildman–Crippen LogP) is 4.19. The van der Waals surface area contributed by atoms with Crippen molar-refractivity contribution in [1.29, 1.82) is 0 Å². The number of halogens is 3. The summed E-state index contributed by atoms with van der Waals surface area (Å²) in [5, 5.41) is 1.84. The number of rotatable bonds is 4. The van der Waals surface area contributed by atoms with Gasteiger partial charge in [-0.25, -0.2) is 0 Å². The molecule has 0 spiro atoms. The summed E-state index contributed by atoms with van der Waals surface area (Å²) in [7, 11) is 0. The number of nitrogens with zero attached hydrogens (tertiary/aromatic N) is 1. The van der Waals surface area contributed by atoms with Crippen molar-refractivity contribution in [2.24, 2.45) is 0 Å². The van der Waals surface area contributed by atoms with Crippen molar-refractivity contribution in [3.05, 3.63) is 0 Å². The number of hydrogen-bond donors (Lipinski definition) is 0. The lowest BCUT2D eigenvalue weighted by molar-refractivity contribution is -0.264. The van der Waals surface area contributed by atoms with Crippen LogP contribution >= 0.6 is 34.8 Å². The van der Waals surface area contributed by atoms with Gasteiger partial charge in [0.2, 0.25) is 3.79 Å². The molecule has 0 N–H and O–H groups in total. The summed E-state index contributed by atoms with van der Waals surface area (Å²) in [6.07, 6.45) is 0. The van der Waals surface area contributed by atoms with Gasteiger partial charge in [-0.05, 0) is 41.5 Å². The number of hydrogen-bond acceptors (Lipinski definition) is 2. The molecular formula is C10H20Cl3NO. The lowest BCUT2D eigenvalue weighted by atomic mass is 10.2. The fourth-order valence-corrected chi connectivity index (χ4v) is 1.23. The summed E-state index contributed by atoms with van der Waals surface area (Å²) in [6.45, 7) is 11.7. The molecule has 0 aromatic carbocycles. The molecule has 0 saturated carbocycles. The SMILES string of the molecule is CC(C)N(OC(C)(C)C(Cl)(Cl)Cl)C(C)C. The minimum Gasteiger partial charge on any atom is -0.288 e. The van der Waals surface area contributed by atoms with Gasteiger partial charge in [-0.15, -0.1) is 0 Å². The molecule has 0 unspecified atom stereocenters. The molecule has 5 heteroatoms. The van der Waals surface area contributed by atoms with Gasteiger partial charge in [0.15, 0.2) is 0 Å². The average molecular weight is 277 g/mol. The first-order chi connectivity index (χ1) is 6.49. The topological polar surface area (TPSA) is 12.5 Å². The Labute approximate surface area is 108 Å². The van der Waals surface area contributed by atoms with Crippen molar-refractivity contribution in [3.63, 3.8) is 0 Å². The molecule has 2 nitrogen and oxygen atoms in total. The molecular weight excluding hydrogens is 256 g/mol. The molecule has 0 bridgehead atoms. The van der Waals surface area contributed by atoms with Crippen LogP contribution in [0.5, 0.6) is 0 Å². The quantitative estimate of drug-likeness (QED) is 0.564. The maximum atomic E-state index is 5.86. The van der Waals surface area contributed by atoms with Crippen molar-refractivity contribution in [1.82, 2.24) is 5.06 Å². The van der Waals surface area contributed by atoms with Crippen LogP contribution in [0.2, 0.25) is 0 Å². The van der Waals surface area contributed by atoms with Crippen LogP contribution in [0.25, 0.3) is 0 Å². The highest BCUT2D eigenvalue weighted by Crippen LogP contribution is 2.41. The molecule has 0 aromatic rings. The Bertz CT molecular complexity index is 191. The van der Waals surface area contributed by atoms with Crippen molar-refractivity contribution in [2.45, 2.75) is 63.0 Å². The highest BCUT2D eigenvalue weighted by molar-refractivity contribution is 6.68. The first kappa shape index (κ1) is 15.8. The van der Waals surface area contributed by atoms with Crippen LogP contribution in [0, 0.1) is 0 Å². The third kappa shape index (κ3) is 4.66. The largest absolute Gasteiger partial charge is 0.288 e. The van der Waals surface area contributed by atoms with Crippen LogP contribution in [-0.2, 0) is 4.84 Å². The smallest absolute Gasteiger partial charge is 0.220 e. The summed E-state index contributed by atoms with van der Waals surface area (Å²) < 4.78 is -1.45. The van der Waals surface area contributed by atoms with Crippen molar-refractivity contribution in [3.8, 4) is 0 Å². The van der Waals surface area contributed by atoms with E-state index in [9.17, 15) is 0 Å². The van der Waals surface area contributed by atoms with Crippen molar-refractivity contribution in [2.75, 3.05) is 0 Å². The van der Waals surface area contributed by atoms with Crippen molar-refractivity contribution >= 4 is 34.8 Å². The maximum Gasteiger partial charge on any atom is 0.220 e. The van der Waals surface area contributed by atoms with Crippen LogP contribution in [-0.4, -0.2) is 26.5 Å². The fourth-order valence-electron chi connectivity index (χ4n) is 1.12. The summed E-state index contributed by atoms with van der Waals surface area (Å²) in [4.78, 5) is 5.76. The minimum absolute atomic E-state index is 0.233. The van der Waals surface area contributed by atoms with Crippen LogP contribution in [0.1, 0.15) is 41.5 Å². The molecule has 0 aliphatic rings. The van der Waals surface area contributed by atoms with Gasteiger partial charge in [-0.1, -0.05) is 34.8 Å². The molecule has 0 radical (unpaired) electrons. The van der Waals surface area contributed by atoms with Crippen LogP contribution in [0.15, 0.2) is 0 Å². The predicted molar refractivity (Wildman–Crippen MR) is 67.6 cm³/mol. The third-order valence-electron chi connectivity index (χ3n) is 2.03. The lowest BCUT2D eigenvalue weighted by Crippen LogP contribution is -2.49. The van der Waals surface area contributed by atoms with Gasteiger partial charge in [-0.2, -0.15) is 5.06 Å². The second kappa shape index (κ2) is 5.42. The van der Waals surface area contributed by atoms with Crippen LogP contribution in [0.3, 0.4) is 0 Å². The molecule has 0 atom stereocenters. The molecule has 15 heavy (non-hydrogen) atoms. The third-order valence-corrected chi connectivity index (χ3v) is 3.40. The van der Waals surface area contributed by atoms with E-state index in [0.29, 0.717) is 0 Å². The monoisotopic (exact) mass is 275 g/mol. The van der Waals surface area contributed by atoms with Crippen molar-refractivity contribution < 1.29 is 4.84 Å². The van der Waals surface area contributed by atoms with E-state index in [4.69, 9.17) is 39.6 Å². The standard InChI is InChI=1S/C10H20Cl3NO/c1-7(2)14(8(3)4)15-9(5,6)10(11,12)13/h7-8H,1-6H3. The summed E-state index contributed by atoms with van der Waals surface area (Å²) in [5.74, 6) is 0. The zero-order valence-electron chi connectivity index (χ0n) is 10.1. The van der Waals surface area contributed by atoms with E-state index in [0.717, 1.165) is 0 Å². The molecule has 0 rings (SSSR count). The van der Waals surface area contributed by atoms with Crippen LogP contribution < -0.4 is 0 Å². The van der Waals surface area contributed by atoms with Gasteiger partial charge in [0.1, 0.15) is 5.60 Å². The Hall–Kier alpha value is 0.790. The average Bonchev–Trinajstić information content (AvgIpc) is 1.96. The second-order valence-electron chi connectivity index (χ2n) is 4.65. The summed E-state index contributed by atoms with van der Waals surface area (Å²) >= 11 is 17.6. The molecule has 0 saturated heterocycles. The Morgan fingerprint density at radius 2 is 1.27 bits per heavy atom. The van der Waals surface area contributed by atoms with E-state index in [1.165, 1.54) is 0 Å². The van der Waals surface area contributed by atoms with Gasteiger partial charge in [-0.3, -0.25) is 4.84 Å². The second-order valence-corrected chi connectivity index (χ2v) is 6.93. The Balaban J connectivity index is 4.68. The first-order valence-corrected chi connectivity index (χ1v) is 6.16. The normalized spacial score (nSPS) is 14.4. The Morgan fingerprint density at radius 1 is 0.933 bits per heavy atom. The Kier molecular flexibility index (Phi) is 5.70. The zero-order valence-corrected chi connectivity index (χ0v) is 12.4. The highest BCUT2D eigenvalue weighted by atomic mass is 35.6. The van der Waals surface area contributed by atoms with E-state index in [2.05, 4.69) is 0 Å². The van der Waals surface area contributed by atoms with Gasteiger partial charge in [0, 0.05) is 12.1 Å². The van der Waals surface area contributed by atoms with E-state index < -0.39 is 9.39 Å². The van der Waals surface area contributed by atoms with Gasteiger partial charge < -0.3 is 0 Å². The van der Waals surface area contributed by atoms with E-state index >= 15 is 0 Å². The number of alkyl halides is 3. The van der Waals surface area contributed by atoms with Gasteiger partial charge >= 0.3 is 0 Å². The van der Waals surface area contributed by atoms with E-state index in [1.54, 1.807) is 13.8 Å². The fraction of sp³-hybridized carbons (Fsp3) is 1.00. The maximum absolute atomic E-state index is 5.86. The Morgan fingerprint density at radius 3 is 1.47 bits per heavy atom. The minimum atomic E-state index is -1.45. The number of hydroxylamine groups is 2. The van der Waals surface area contributed by atoms with E-state index in [1.807, 2.05) is 32.8 Å².